The zero-order valence-corrected chi connectivity index (χ0v) is 20.1. The number of anilines is 1. The number of carbonyl (C=O) groups excluding carboxylic acids is 1. The molecule has 0 aliphatic carbocycles. The maximum Gasteiger partial charge on any atom is 0.512 e. The number of hydrogen-bond donors (Lipinski definition) is 3. The van der Waals surface area contributed by atoms with Crippen molar-refractivity contribution in [2.24, 2.45) is 0 Å². The second-order valence-corrected chi connectivity index (χ2v) is 9.22. The number of rotatable bonds is 8. The maximum atomic E-state index is 12.6. The first kappa shape index (κ1) is 24.5. The van der Waals surface area contributed by atoms with Crippen molar-refractivity contribution in [1.29, 1.82) is 0 Å². The topological polar surface area (TPSA) is 120 Å². The van der Waals surface area contributed by atoms with Crippen LogP contribution in [0.3, 0.4) is 0 Å². The SMILES string of the molecule is CCCCSc1nc(OC(=O)O)cc(N2CCC(NC(=O)c3[nH]c(C)c(Cl)c3Cl)CC2)n1. The number of unbranched alkanes of at least 4 members (excludes halogenated alkanes) is 1. The highest BCUT2D eigenvalue weighted by molar-refractivity contribution is 7.99. The molecule has 1 amide bonds. The molecule has 12 heteroatoms. The molecule has 0 spiro atoms. The van der Waals surface area contributed by atoms with Crippen molar-refractivity contribution >= 4 is 52.8 Å². The van der Waals surface area contributed by atoms with Gasteiger partial charge in [-0.1, -0.05) is 48.3 Å². The number of ether oxygens (including phenoxy) is 1. The van der Waals surface area contributed by atoms with Gasteiger partial charge in [-0.15, -0.1) is 0 Å². The summed E-state index contributed by atoms with van der Waals surface area (Å²) in [5.41, 5.74) is 0.906. The number of aromatic nitrogens is 3. The number of amides is 1. The standard InChI is InChI=1S/C20H25Cl2N5O4S/c1-3-4-9-32-19-25-13(10-14(26-19)31-20(29)30)27-7-5-12(6-8-27)24-18(28)17-16(22)15(21)11(2)23-17/h10,12,23H,3-9H2,1-2H3,(H,24,28)(H,29,30). The Bertz CT molecular complexity index is 979. The Balaban J connectivity index is 1.64. The minimum Gasteiger partial charge on any atom is -0.449 e. The van der Waals surface area contributed by atoms with E-state index in [2.05, 4.69) is 27.2 Å². The summed E-state index contributed by atoms with van der Waals surface area (Å²) in [4.78, 5) is 37.3. The molecule has 0 radical (unpaired) electrons. The van der Waals surface area contributed by atoms with Crippen LogP contribution in [0.5, 0.6) is 5.88 Å². The van der Waals surface area contributed by atoms with Gasteiger partial charge < -0.3 is 25.0 Å². The van der Waals surface area contributed by atoms with Gasteiger partial charge in [0.2, 0.25) is 5.88 Å². The molecule has 1 aliphatic heterocycles. The van der Waals surface area contributed by atoms with Gasteiger partial charge in [-0.2, -0.15) is 4.98 Å². The Hall–Kier alpha value is -2.17. The summed E-state index contributed by atoms with van der Waals surface area (Å²) in [7, 11) is 0. The molecule has 0 saturated carbocycles. The quantitative estimate of drug-likeness (QED) is 0.204. The third kappa shape index (κ3) is 6.20. The molecular weight excluding hydrogens is 477 g/mol. The summed E-state index contributed by atoms with van der Waals surface area (Å²) in [6.07, 6.45) is 2.01. The molecule has 0 bridgehead atoms. The molecule has 0 aromatic carbocycles. The lowest BCUT2D eigenvalue weighted by Crippen LogP contribution is -2.45. The lowest BCUT2D eigenvalue weighted by molar-refractivity contribution is 0.0926. The average Bonchev–Trinajstić information content (AvgIpc) is 3.01. The number of nitrogens with one attached hydrogen (secondary N) is 2. The predicted octanol–water partition coefficient (Wildman–Crippen LogP) is 4.77. The van der Waals surface area contributed by atoms with Gasteiger partial charge in [0, 0.05) is 36.6 Å². The average molecular weight is 502 g/mol. The second-order valence-electron chi connectivity index (χ2n) is 7.40. The number of carbonyl (C=O) groups is 2. The molecule has 1 saturated heterocycles. The van der Waals surface area contributed by atoms with Crippen molar-refractivity contribution in [3.05, 3.63) is 27.5 Å². The van der Waals surface area contributed by atoms with Crippen molar-refractivity contribution in [3.63, 3.8) is 0 Å². The van der Waals surface area contributed by atoms with Crippen LogP contribution in [0.2, 0.25) is 10.0 Å². The first-order valence-corrected chi connectivity index (χ1v) is 12.0. The van der Waals surface area contributed by atoms with E-state index in [9.17, 15) is 9.59 Å². The molecule has 3 rings (SSSR count). The molecule has 174 valence electrons. The first-order chi connectivity index (χ1) is 15.3. The number of piperidine rings is 1. The lowest BCUT2D eigenvalue weighted by atomic mass is 10.0. The lowest BCUT2D eigenvalue weighted by Gasteiger charge is -2.33. The molecule has 0 unspecified atom stereocenters. The van der Waals surface area contributed by atoms with Gasteiger partial charge in [0.15, 0.2) is 5.16 Å². The van der Waals surface area contributed by atoms with Gasteiger partial charge in [-0.25, -0.2) is 9.78 Å². The van der Waals surface area contributed by atoms with E-state index in [0.717, 1.165) is 18.6 Å². The van der Waals surface area contributed by atoms with Gasteiger partial charge in [-0.05, 0) is 26.2 Å². The summed E-state index contributed by atoms with van der Waals surface area (Å²) >= 11 is 13.7. The monoisotopic (exact) mass is 501 g/mol. The zero-order valence-electron chi connectivity index (χ0n) is 17.8. The molecule has 3 heterocycles. The van der Waals surface area contributed by atoms with Crippen LogP contribution in [-0.4, -0.2) is 57.0 Å². The number of H-pyrrole nitrogens is 1. The first-order valence-electron chi connectivity index (χ1n) is 10.3. The Morgan fingerprint density at radius 1 is 1.31 bits per heavy atom. The second kappa shape index (κ2) is 11.1. The van der Waals surface area contributed by atoms with Crippen molar-refractivity contribution < 1.29 is 19.4 Å². The number of hydrogen-bond acceptors (Lipinski definition) is 7. The Labute approximate surface area is 200 Å². The van der Waals surface area contributed by atoms with Crippen molar-refractivity contribution in [2.45, 2.75) is 50.7 Å². The van der Waals surface area contributed by atoms with Gasteiger partial charge >= 0.3 is 6.16 Å². The normalized spacial score (nSPS) is 14.4. The molecule has 1 aliphatic rings. The largest absolute Gasteiger partial charge is 0.512 e. The van der Waals surface area contributed by atoms with E-state index in [1.165, 1.54) is 17.8 Å². The number of thioether (sulfide) groups is 1. The summed E-state index contributed by atoms with van der Waals surface area (Å²) in [6, 6.07) is 1.49. The van der Waals surface area contributed by atoms with Crippen LogP contribution in [0.25, 0.3) is 0 Å². The molecule has 3 N–H and O–H groups in total. The van der Waals surface area contributed by atoms with Crippen LogP contribution in [-0.2, 0) is 0 Å². The fourth-order valence-electron chi connectivity index (χ4n) is 3.31. The van der Waals surface area contributed by atoms with Crippen LogP contribution in [0.15, 0.2) is 11.2 Å². The van der Waals surface area contributed by atoms with Crippen molar-refractivity contribution in [1.82, 2.24) is 20.3 Å². The number of aryl methyl sites for hydroxylation is 1. The minimum atomic E-state index is -1.42. The predicted molar refractivity (Wildman–Crippen MR) is 125 cm³/mol. The molecule has 32 heavy (non-hydrogen) atoms. The fraction of sp³-hybridized carbons (Fsp3) is 0.500. The van der Waals surface area contributed by atoms with Crippen molar-refractivity contribution in [3.8, 4) is 5.88 Å². The van der Waals surface area contributed by atoms with E-state index < -0.39 is 6.16 Å². The Morgan fingerprint density at radius 2 is 2.03 bits per heavy atom. The van der Waals surface area contributed by atoms with E-state index in [1.54, 1.807) is 6.92 Å². The molecular formula is C20H25Cl2N5O4S. The van der Waals surface area contributed by atoms with E-state index in [-0.39, 0.29) is 28.5 Å². The number of carboxylic acid groups (broad SMARTS) is 1. The molecule has 1 fully saturated rings. The van der Waals surface area contributed by atoms with Gasteiger partial charge in [0.1, 0.15) is 11.5 Å². The van der Waals surface area contributed by atoms with Crippen LogP contribution in [0, 0.1) is 6.92 Å². The van der Waals surface area contributed by atoms with E-state index in [0.29, 0.717) is 47.6 Å². The molecule has 9 nitrogen and oxygen atoms in total. The van der Waals surface area contributed by atoms with Gasteiger partial charge in [0.25, 0.3) is 5.91 Å². The third-order valence-corrected chi connectivity index (χ3v) is 6.91. The van der Waals surface area contributed by atoms with Crippen LogP contribution >= 0.6 is 35.0 Å². The minimum absolute atomic E-state index is 0.00515. The summed E-state index contributed by atoms with van der Waals surface area (Å²) in [6.45, 7) is 5.11. The van der Waals surface area contributed by atoms with Crippen LogP contribution < -0.4 is 15.0 Å². The highest BCUT2D eigenvalue weighted by Gasteiger charge is 2.25. The van der Waals surface area contributed by atoms with Gasteiger partial charge in [-0.3, -0.25) is 4.79 Å². The highest BCUT2D eigenvalue weighted by Crippen LogP contribution is 2.30. The number of nitrogens with zero attached hydrogens (tertiary/aromatic N) is 3. The third-order valence-electron chi connectivity index (χ3n) is 5.02. The smallest absolute Gasteiger partial charge is 0.449 e. The number of aromatic amines is 1. The molecule has 2 aromatic rings. The zero-order chi connectivity index (χ0) is 23.3. The summed E-state index contributed by atoms with van der Waals surface area (Å²) in [5, 5.41) is 13.0. The molecule has 2 aromatic heterocycles. The maximum absolute atomic E-state index is 12.6. The number of halogens is 2. The van der Waals surface area contributed by atoms with E-state index in [1.807, 2.05) is 4.90 Å². The van der Waals surface area contributed by atoms with Crippen LogP contribution in [0.1, 0.15) is 48.8 Å². The summed E-state index contributed by atoms with van der Waals surface area (Å²) in [5.74, 6) is 1.16. The van der Waals surface area contributed by atoms with E-state index in [4.69, 9.17) is 33.0 Å². The fourth-order valence-corrected chi connectivity index (χ4v) is 4.65. The summed E-state index contributed by atoms with van der Waals surface area (Å²) < 4.78 is 4.78. The molecule has 0 atom stereocenters. The van der Waals surface area contributed by atoms with Crippen LogP contribution in [0.4, 0.5) is 10.6 Å². The van der Waals surface area contributed by atoms with Gasteiger partial charge in [0.05, 0.1) is 10.0 Å². The van der Waals surface area contributed by atoms with E-state index >= 15 is 0 Å². The highest BCUT2D eigenvalue weighted by atomic mass is 35.5. The Morgan fingerprint density at radius 3 is 2.62 bits per heavy atom. The Kier molecular flexibility index (Phi) is 8.50. The van der Waals surface area contributed by atoms with Crippen molar-refractivity contribution in [2.75, 3.05) is 23.7 Å².